The second-order valence-electron chi connectivity index (χ2n) is 5.85. The van der Waals surface area contributed by atoms with Gasteiger partial charge in [0.1, 0.15) is 5.75 Å². The molecule has 0 aliphatic rings. The van der Waals surface area contributed by atoms with Crippen molar-refractivity contribution in [2.45, 2.75) is 26.8 Å². The molecule has 0 aliphatic heterocycles. The molecule has 6 heteroatoms. The Kier molecular flexibility index (Phi) is 7.74. The van der Waals surface area contributed by atoms with Crippen LogP contribution >= 0.6 is 0 Å². The third-order valence-electron chi connectivity index (χ3n) is 3.91. The fraction of sp³-hybridized carbons (Fsp3) is 0.400. The number of aromatic nitrogens is 1. The molecule has 1 heterocycles. The summed E-state index contributed by atoms with van der Waals surface area (Å²) in [5, 5.41) is 6.61. The highest BCUT2D eigenvalue weighted by Gasteiger charge is 2.03. The summed E-state index contributed by atoms with van der Waals surface area (Å²) in [6.07, 6.45) is 0.887. The van der Waals surface area contributed by atoms with Crippen molar-refractivity contribution in [3.63, 3.8) is 0 Å². The summed E-state index contributed by atoms with van der Waals surface area (Å²) in [7, 11) is 3.31. The van der Waals surface area contributed by atoms with E-state index >= 15 is 0 Å². The summed E-state index contributed by atoms with van der Waals surface area (Å²) in [4.78, 5) is 8.97. The number of hydrogen-bond acceptors (Lipinski definition) is 4. The van der Waals surface area contributed by atoms with E-state index in [1.54, 1.807) is 14.2 Å². The molecule has 0 spiro atoms. The lowest BCUT2D eigenvalue weighted by molar-refractivity contribution is 0.396. The molecule has 2 N–H and O–H groups in total. The number of nitrogens with one attached hydrogen (secondary N) is 2. The van der Waals surface area contributed by atoms with Crippen LogP contribution in [0.5, 0.6) is 11.6 Å². The van der Waals surface area contributed by atoms with Gasteiger partial charge in [-0.2, -0.15) is 0 Å². The zero-order valence-electron chi connectivity index (χ0n) is 16.0. The van der Waals surface area contributed by atoms with Crippen molar-refractivity contribution in [1.82, 2.24) is 15.6 Å². The fourth-order valence-electron chi connectivity index (χ4n) is 2.51. The summed E-state index contributed by atoms with van der Waals surface area (Å²) >= 11 is 0. The average Bonchev–Trinajstić information content (AvgIpc) is 2.67. The van der Waals surface area contributed by atoms with Crippen molar-refractivity contribution in [1.29, 1.82) is 0 Å². The van der Waals surface area contributed by atoms with Crippen molar-refractivity contribution in [2.75, 3.05) is 27.3 Å². The van der Waals surface area contributed by atoms with E-state index in [0.717, 1.165) is 42.5 Å². The molecule has 140 valence electrons. The number of hydrogen-bond donors (Lipinski definition) is 2. The summed E-state index contributed by atoms with van der Waals surface area (Å²) in [5.41, 5.74) is 3.24. The molecule has 0 bridgehead atoms. The van der Waals surface area contributed by atoms with Crippen LogP contribution in [0, 0.1) is 6.92 Å². The highest BCUT2D eigenvalue weighted by atomic mass is 16.5. The first-order valence-electron chi connectivity index (χ1n) is 8.82. The van der Waals surface area contributed by atoms with E-state index < -0.39 is 0 Å². The minimum atomic E-state index is 0.491. The Morgan fingerprint density at radius 3 is 2.69 bits per heavy atom. The van der Waals surface area contributed by atoms with Crippen molar-refractivity contribution in [3.8, 4) is 11.6 Å². The molecular formula is C20H28N4O2. The van der Waals surface area contributed by atoms with E-state index in [4.69, 9.17) is 9.47 Å². The van der Waals surface area contributed by atoms with Gasteiger partial charge < -0.3 is 20.1 Å². The van der Waals surface area contributed by atoms with Crippen LogP contribution in [0.2, 0.25) is 0 Å². The summed E-state index contributed by atoms with van der Waals surface area (Å²) in [5.74, 6) is 2.30. The summed E-state index contributed by atoms with van der Waals surface area (Å²) in [6.45, 7) is 6.17. The minimum Gasteiger partial charge on any atom is -0.496 e. The minimum absolute atomic E-state index is 0.491. The maximum absolute atomic E-state index is 5.38. The molecular weight excluding hydrogens is 328 g/mol. The van der Waals surface area contributed by atoms with Gasteiger partial charge in [-0.25, -0.2) is 9.98 Å². The van der Waals surface area contributed by atoms with E-state index in [1.165, 1.54) is 5.56 Å². The van der Waals surface area contributed by atoms with E-state index in [9.17, 15) is 0 Å². The molecule has 0 saturated carbocycles. The second kappa shape index (κ2) is 10.3. The molecule has 0 atom stereocenters. The molecule has 1 aromatic carbocycles. The Bertz CT molecular complexity index is 732. The summed E-state index contributed by atoms with van der Waals surface area (Å²) in [6, 6.07) is 12.0. The van der Waals surface area contributed by atoms with Gasteiger partial charge in [0.05, 0.1) is 26.5 Å². The lowest BCUT2D eigenvalue weighted by Gasteiger charge is -2.12. The summed E-state index contributed by atoms with van der Waals surface area (Å²) < 4.78 is 10.5. The molecule has 26 heavy (non-hydrogen) atoms. The Morgan fingerprint density at radius 2 is 1.96 bits per heavy atom. The first kappa shape index (κ1) is 19.6. The molecule has 0 amide bonds. The number of methoxy groups -OCH3 is 2. The third kappa shape index (κ3) is 5.95. The van der Waals surface area contributed by atoms with Gasteiger partial charge in [0.2, 0.25) is 5.88 Å². The van der Waals surface area contributed by atoms with Gasteiger partial charge in [0, 0.05) is 19.2 Å². The van der Waals surface area contributed by atoms with Crippen LogP contribution in [0.1, 0.15) is 23.7 Å². The number of aryl methyl sites for hydroxylation is 1. The third-order valence-corrected chi connectivity index (χ3v) is 3.91. The van der Waals surface area contributed by atoms with Crippen LogP contribution in [0.25, 0.3) is 0 Å². The molecule has 0 fully saturated rings. The lowest BCUT2D eigenvalue weighted by atomic mass is 10.1. The van der Waals surface area contributed by atoms with Crippen LogP contribution in [-0.2, 0) is 13.0 Å². The molecule has 0 radical (unpaired) electrons. The monoisotopic (exact) mass is 356 g/mol. The number of aliphatic imine (C=N–C) groups is 1. The second-order valence-corrected chi connectivity index (χ2v) is 5.85. The van der Waals surface area contributed by atoms with E-state index in [1.807, 2.05) is 32.0 Å². The largest absolute Gasteiger partial charge is 0.496 e. The zero-order chi connectivity index (χ0) is 18.8. The van der Waals surface area contributed by atoms with Gasteiger partial charge in [0.15, 0.2) is 5.96 Å². The van der Waals surface area contributed by atoms with Crippen LogP contribution in [-0.4, -0.2) is 38.3 Å². The van der Waals surface area contributed by atoms with Gasteiger partial charge in [-0.1, -0.05) is 18.2 Å². The number of rotatable bonds is 8. The average molecular weight is 356 g/mol. The van der Waals surface area contributed by atoms with Crippen molar-refractivity contribution < 1.29 is 9.47 Å². The number of guanidine groups is 1. The highest BCUT2D eigenvalue weighted by Crippen LogP contribution is 2.19. The maximum atomic E-state index is 5.38. The smallest absolute Gasteiger partial charge is 0.213 e. The maximum Gasteiger partial charge on any atom is 0.213 e. The van der Waals surface area contributed by atoms with E-state index in [2.05, 4.69) is 38.8 Å². The fourth-order valence-corrected chi connectivity index (χ4v) is 2.51. The first-order chi connectivity index (χ1) is 12.7. The van der Waals surface area contributed by atoms with Crippen molar-refractivity contribution in [2.24, 2.45) is 4.99 Å². The Labute approximate surface area is 155 Å². The van der Waals surface area contributed by atoms with Gasteiger partial charge in [0.25, 0.3) is 0 Å². The van der Waals surface area contributed by atoms with Gasteiger partial charge in [-0.3, -0.25) is 0 Å². The van der Waals surface area contributed by atoms with E-state index in [0.29, 0.717) is 12.4 Å². The van der Waals surface area contributed by atoms with Crippen LogP contribution in [0.3, 0.4) is 0 Å². The molecule has 2 rings (SSSR count). The topological polar surface area (TPSA) is 67.8 Å². The molecule has 0 saturated heterocycles. The normalized spacial score (nSPS) is 11.2. The van der Waals surface area contributed by atoms with Crippen molar-refractivity contribution in [3.05, 3.63) is 53.2 Å². The quantitative estimate of drug-likeness (QED) is 0.562. The number of ether oxygens (including phenoxy) is 2. The van der Waals surface area contributed by atoms with Crippen LogP contribution in [0.4, 0.5) is 0 Å². The van der Waals surface area contributed by atoms with Gasteiger partial charge >= 0.3 is 0 Å². The lowest BCUT2D eigenvalue weighted by Crippen LogP contribution is -2.38. The SMILES string of the molecule is CCNC(=NCc1cccc(OC)n1)NCCc1ccc(C)c(OC)c1. The van der Waals surface area contributed by atoms with Gasteiger partial charge in [-0.15, -0.1) is 0 Å². The molecule has 0 unspecified atom stereocenters. The Hall–Kier alpha value is -2.76. The first-order valence-corrected chi connectivity index (χ1v) is 8.82. The number of nitrogens with zero attached hydrogens (tertiary/aromatic N) is 2. The van der Waals surface area contributed by atoms with Crippen molar-refractivity contribution >= 4 is 5.96 Å². The molecule has 1 aromatic heterocycles. The Balaban J connectivity index is 1.92. The molecule has 0 aliphatic carbocycles. The predicted molar refractivity (Wildman–Crippen MR) is 105 cm³/mol. The standard InChI is InChI=1S/C20H28N4O2/c1-5-21-20(23-14-17-7-6-8-19(24-17)26-4)22-12-11-16-10-9-15(2)18(13-16)25-3/h6-10,13H,5,11-12,14H2,1-4H3,(H2,21,22,23). The Morgan fingerprint density at radius 1 is 1.12 bits per heavy atom. The number of pyridine rings is 1. The van der Waals surface area contributed by atoms with Gasteiger partial charge in [-0.05, 0) is 43.5 Å². The van der Waals surface area contributed by atoms with Crippen LogP contribution < -0.4 is 20.1 Å². The molecule has 6 nitrogen and oxygen atoms in total. The van der Waals surface area contributed by atoms with E-state index in [-0.39, 0.29) is 0 Å². The van der Waals surface area contributed by atoms with Crippen LogP contribution in [0.15, 0.2) is 41.4 Å². The number of benzene rings is 1. The highest BCUT2D eigenvalue weighted by molar-refractivity contribution is 5.79. The predicted octanol–water partition coefficient (Wildman–Crippen LogP) is 2.71. The molecule has 2 aromatic rings. The zero-order valence-corrected chi connectivity index (χ0v) is 16.0.